The molecule has 67 heavy (non-hydrogen) atoms. The van der Waals surface area contributed by atoms with E-state index >= 15 is 0 Å². The summed E-state index contributed by atoms with van der Waals surface area (Å²) in [4.78, 5) is 10.6. The van der Waals surface area contributed by atoms with E-state index in [1.54, 1.807) is 0 Å². The molecular formula is C62H54N4O. The van der Waals surface area contributed by atoms with Crippen LogP contribution >= 0.6 is 0 Å². The van der Waals surface area contributed by atoms with Crippen LogP contribution in [0.3, 0.4) is 0 Å². The molecule has 0 aliphatic carbocycles. The lowest BCUT2D eigenvalue weighted by molar-refractivity contribution is 0.484. The lowest BCUT2D eigenvalue weighted by Gasteiger charge is -2.21. The second-order valence-corrected chi connectivity index (χ2v) is 19.7. The zero-order chi connectivity index (χ0) is 45.8. The van der Waals surface area contributed by atoms with Gasteiger partial charge in [-0.3, -0.25) is 8.80 Å². The highest BCUT2D eigenvalue weighted by Gasteiger charge is 2.22. The standard InChI is InChI=1S/C62H54N4O/c1-35(2)43-15-13-16-44(36(3)4)59(43)39-23-27-49-47-29-25-41(33-51(47)61-63-53-19-9-11-21-55(53)65(61)57(49)31-39)67-42-26-30-48-50-28-24-40(60-45(37(5)6)17-14-18-46(60)38(7)8)32-58(50)66-56-22-12-10-20-54(56)64-62(66)52(48)34-42/h9-38H,1-8H3. The van der Waals surface area contributed by atoms with Gasteiger partial charge >= 0.3 is 0 Å². The molecule has 12 rings (SSSR count). The lowest BCUT2D eigenvalue weighted by Crippen LogP contribution is -2.00. The smallest absolute Gasteiger partial charge is 0.146 e. The van der Waals surface area contributed by atoms with Gasteiger partial charge in [0.1, 0.15) is 22.8 Å². The average Bonchev–Trinajstić information content (AvgIpc) is 3.93. The Morgan fingerprint density at radius 1 is 0.343 bits per heavy atom. The van der Waals surface area contributed by atoms with E-state index in [2.05, 4.69) is 222 Å². The molecule has 0 saturated heterocycles. The SMILES string of the molecule is CC(C)c1cccc(C(C)C)c1-c1ccc2c3ccc(Oc4ccc5c6ccc(-c7c(C(C)C)cccc7C(C)C)cc6n6c7ccccc7nc6c5c4)cc3c3nc4ccccc4n3c2c1. The summed E-state index contributed by atoms with van der Waals surface area (Å²) in [5, 5.41) is 6.73. The van der Waals surface area contributed by atoms with Crippen molar-refractivity contribution >= 4 is 76.7 Å². The highest BCUT2D eigenvalue weighted by atomic mass is 16.5. The molecule has 328 valence electrons. The maximum absolute atomic E-state index is 6.89. The Labute approximate surface area is 391 Å². The minimum atomic E-state index is 0.394. The number of para-hydroxylation sites is 4. The first-order valence-electron chi connectivity index (χ1n) is 24.0. The summed E-state index contributed by atoms with van der Waals surface area (Å²) in [7, 11) is 0. The van der Waals surface area contributed by atoms with E-state index in [0.29, 0.717) is 23.7 Å². The number of benzene rings is 8. The molecular weight excluding hydrogens is 817 g/mol. The molecule has 0 spiro atoms. The summed E-state index contributed by atoms with van der Waals surface area (Å²) < 4.78 is 11.6. The Balaban J connectivity index is 1.02. The average molecular weight is 871 g/mol. The minimum Gasteiger partial charge on any atom is -0.457 e. The zero-order valence-electron chi connectivity index (χ0n) is 39.5. The monoisotopic (exact) mass is 870 g/mol. The summed E-state index contributed by atoms with van der Waals surface area (Å²) >= 11 is 0. The minimum absolute atomic E-state index is 0.394. The van der Waals surface area contributed by atoms with Gasteiger partial charge in [-0.25, -0.2) is 9.97 Å². The van der Waals surface area contributed by atoms with Crippen LogP contribution < -0.4 is 4.74 Å². The number of aromatic nitrogens is 4. The summed E-state index contributed by atoms with van der Waals surface area (Å²) in [6.45, 7) is 18.4. The predicted molar refractivity (Wildman–Crippen MR) is 283 cm³/mol. The quantitative estimate of drug-likeness (QED) is 0.143. The summed E-state index contributed by atoms with van der Waals surface area (Å²) in [5.74, 6) is 3.08. The molecule has 0 fully saturated rings. The van der Waals surface area contributed by atoms with Crippen molar-refractivity contribution in [2.45, 2.75) is 79.1 Å². The fourth-order valence-corrected chi connectivity index (χ4v) is 11.0. The van der Waals surface area contributed by atoms with Gasteiger partial charge in [-0.05, 0) is 152 Å². The van der Waals surface area contributed by atoms with Crippen LogP contribution in [0.1, 0.15) is 101 Å². The van der Waals surface area contributed by atoms with Crippen molar-refractivity contribution in [2.24, 2.45) is 0 Å². The first kappa shape index (κ1) is 41.0. The fourth-order valence-electron chi connectivity index (χ4n) is 11.0. The van der Waals surface area contributed by atoms with E-state index in [1.165, 1.54) is 55.3 Å². The topological polar surface area (TPSA) is 43.8 Å². The number of imidazole rings is 2. The Morgan fingerprint density at radius 3 is 1.10 bits per heavy atom. The van der Waals surface area contributed by atoms with E-state index in [-0.39, 0.29) is 0 Å². The maximum Gasteiger partial charge on any atom is 0.146 e. The highest BCUT2D eigenvalue weighted by molar-refractivity contribution is 6.16. The molecule has 0 N–H and O–H groups in total. The molecule has 0 aliphatic heterocycles. The summed E-state index contributed by atoms with van der Waals surface area (Å²) in [6.07, 6.45) is 0. The molecule has 5 nitrogen and oxygen atoms in total. The van der Waals surface area contributed by atoms with Crippen molar-refractivity contribution in [3.8, 4) is 33.8 Å². The van der Waals surface area contributed by atoms with Gasteiger partial charge < -0.3 is 4.74 Å². The van der Waals surface area contributed by atoms with Crippen molar-refractivity contribution in [2.75, 3.05) is 0 Å². The van der Waals surface area contributed by atoms with E-state index in [0.717, 1.165) is 77.4 Å². The van der Waals surface area contributed by atoms with Gasteiger partial charge in [-0.15, -0.1) is 0 Å². The third-order valence-corrected chi connectivity index (χ3v) is 14.2. The number of hydrogen-bond donors (Lipinski definition) is 0. The van der Waals surface area contributed by atoms with Crippen molar-refractivity contribution in [3.63, 3.8) is 0 Å². The molecule has 0 radical (unpaired) electrons. The number of nitrogens with zero attached hydrogens (tertiary/aromatic N) is 4. The van der Waals surface area contributed by atoms with Crippen LogP contribution in [0, 0.1) is 0 Å². The molecule has 0 bridgehead atoms. The highest BCUT2D eigenvalue weighted by Crippen LogP contribution is 2.43. The number of ether oxygens (including phenoxy) is 1. The van der Waals surface area contributed by atoms with E-state index in [1.807, 2.05) is 0 Å². The molecule has 8 aromatic carbocycles. The third kappa shape index (κ3) is 6.42. The maximum atomic E-state index is 6.89. The first-order chi connectivity index (χ1) is 32.5. The van der Waals surface area contributed by atoms with Gasteiger partial charge in [0.25, 0.3) is 0 Å². The van der Waals surface area contributed by atoms with Gasteiger partial charge in [0.2, 0.25) is 0 Å². The molecule has 12 aromatic rings. The van der Waals surface area contributed by atoms with Gasteiger partial charge in [0, 0.05) is 21.5 Å². The van der Waals surface area contributed by atoms with E-state index in [9.17, 15) is 0 Å². The number of pyridine rings is 2. The Morgan fingerprint density at radius 2 is 0.716 bits per heavy atom. The number of fused-ring (bicyclic) bond motifs is 16. The van der Waals surface area contributed by atoms with Crippen LogP contribution in [0.2, 0.25) is 0 Å². The van der Waals surface area contributed by atoms with Crippen LogP contribution in [-0.4, -0.2) is 18.8 Å². The Bertz CT molecular complexity index is 3670. The van der Waals surface area contributed by atoms with Gasteiger partial charge in [0.15, 0.2) is 0 Å². The summed E-state index contributed by atoms with van der Waals surface area (Å²) in [6, 6.07) is 57.6. The van der Waals surface area contributed by atoms with Crippen molar-refractivity contribution in [1.82, 2.24) is 18.8 Å². The first-order valence-corrected chi connectivity index (χ1v) is 24.0. The molecule has 0 unspecified atom stereocenters. The van der Waals surface area contributed by atoms with Gasteiger partial charge in [-0.2, -0.15) is 0 Å². The van der Waals surface area contributed by atoms with E-state index in [4.69, 9.17) is 14.7 Å². The van der Waals surface area contributed by atoms with Crippen LogP contribution in [0.4, 0.5) is 0 Å². The van der Waals surface area contributed by atoms with Crippen molar-refractivity contribution in [3.05, 3.63) is 180 Å². The Kier molecular flexibility index (Phi) is 9.51. The summed E-state index contributed by atoms with van der Waals surface area (Å²) in [5.41, 5.74) is 18.9. The lowest BCUT2D eigenvalue weighted by atomic mass is 9.84. The van der Waals surface area contributed by atoms with Crippen molar-refractivity contribution < 1.29 is 4.74 Å². The van der Waals surface area contributed by atoms with Gasteiger partial charge in [0.05, 0.1) is 33.1 Å². The second kappa shape index (κ2) is 15.6. The van der Waals surface area contributed by atoms with Crippen molar-refractivity contribution in [1.29, 1.82) is 0 Å². The van der Waals surface area contributed by atoms with E-state index < -0.39 is 0 Å². The third-order valence-electron chi connectivity index (χ3n) is 14.2. The molecule has 0 atom stereocenters. The predicted octanol–water partition coefficient (Wildman–Crippen LogP) is 17.5. The molecule has 4 aromatic heterocycles. The normalized spacial score (nSPS) is 12.4. The van der Waals surface area contributed by atoms with Crippen LogP contribution in [0.25, 0.3) is 99.0 Å². The van der Waals surface area contributed by atoms with Crippen LogP contribution in [-0.2, 0) is 0 Å². The molecule has 5 heteroatoms. The largest absolute Gasteiger partial charge is 0.457 e. The molecule has 0 amide bonds. The zero-order valence-corrected chi connectivity index (χ0v) is 39.5. The molecule has 0 saturated carbocycles. The number of rotatable bonds is 8. The molecule has 4 heterocycles. The second-order valence-electron chi connectivity index (χ2n) is 19.7. The molecule has 0 aliphatic rings. The number of hydrogen-bond acceptors (Lipinski definition) is 3. The van der Waals surface area contributed by atoms with Crippen LogP contribution in [0.15, 0.2) is 158 Å². The van der Waals surface area contributed by atoms with Crippen LogP contribution in [0.5, 0.6) is 11.5 Å². The Hall–Kier alpha value is -7.50. The van der Waals surface area contributed by atoms with Gasteiger partial charge in [-0.1, -0.05) is 140 Å². The fraction of sp³-hybridized carbons (Fsp3) is 0.194.